The lowest BCUT2D eigenvalue weighted by atomic mass is 10.3. The number of benzene rings is 1. The summed E-state index contributed by atoms with van der Waals surface area (Å²) in [6.45, 7) is 1.95. The minimum Gasteiger partial charge on any atom is -0.267 e. The molecule has 0 unspecified atom stereocenters. The monoisotopic (exact) mass is 399 g/mol. The predicted octanol–water partition coefficient (Wildman–Crippen LogP) is 5.04. The van der Waals surface area contributed by atoms with Crippen LogP contribution in [0.25, 0.3) is 31.6 Å². The number of aryl methyl sites for hydroxylation is 1. The Kier molecular flexibility index (Phi) is 3.49. The molecule has 128 valence electrons. The first-order valence-corrected chi connectivity index (χ1v) is 9.80. The lowest BCUT2D eigenvalue weighted by Crippen LogP contribution is -1.96. The quantitative estimate of drug-likeness (QED) is 0.391. The molecule has 5 aromatic rings. The topological polar surface area (TPSA) is 48.0 Å². The van der Waals surface area contributed by atoms with Gasteiger partial charge in [-0.05, 0) is 49.5 Å². The second-order valence-corrected chi connectivity index (χ2v) is 7.96. The molecular weight excluding hydrogens is 389 g/mol. The third-order valence-electron chi connectivity index (χ3n) is 4.03. The van der Waals surface area contributed by atoms with Crippen LogP contribution in [0, 0.1) is 17.5 Å². The van der Waals surface area contributed by atoms with Gasteiger partial charge in [0.05, 0.1) is 16.3 Å². The lowest BCUT2D eigenvalue weighted by Gasteiger charge is -2.02. The largest absolute Gasteiger partial charge is 0.267 e. The molecule has 0 saturated carbocycles. The molecule has 4 aromatic heterocycles. The van der Waals surface area contributed by atoms with Crippen LogP contribution in [-0.2, 0) is 0 Å². The molecule has 0 aliphatic heterocycles. The molecule has 0 N–H and O–H groups in total. The molecule has 0 aliphatic rings. The van der Waals surface area contributed by atoms with E-state index in [4.69, 9.17) is 12.2 Å². The summed E-state index contributed by atoms with van der Waals surface area (Å²) in [6.07, 6.45) is 1.87. The SMILES string of the molecule is Cc1nn(-c2ccc(F)cc2)c2sc(-c3nc(=S)n4ccsc4n3)cc12. The summed E-state index contributed by atoms with van der Waals surface area (Å²) in [6, 6.07) is 8.33. The van der Waals surface area contributed by atoms with Crippen molar-refractivity contribution in [3.05, 3.63) is 58.2 Å². The molecule has 0 bridgehead atoms. The van der Waals surface area contributed by atoms with E-state index in [9.17, 15) is 4.39 Å². The van der Waals surface area contributed by atoms with Gasteiger partial charge in [0.1, 0.15) is 10.6 Å². The Labute approximate surface area is 160 Å². The average molecular weight is 400 g/mol. The summed E-state index contributed by atoms with van der Waals surface area (Å²) < 4.78 is 17.3. The molecule has 0 amide bonds. The van der Waals surface area contributed by atoms with Crippen molar-refractivity contribution in [3.63, 3.8) is 0 Å². The van der Waals surface area contributed by atoms with Crippen molar-refractivity contribution < 1.29 is 4.39 Å². The zero-order valence-electron chi connectivity index (χ0n) is 13.4. The van der Waals surface area contributed by atoms with E-state index in [1.807, 2.05) is 29.2 Å². The fraction of sp³-hybridized carbons (Fsp3) is 0.0588. The molecule has 0 radical (unpaired) electrons. The van der Waals surface area contributed by atoms with Gasteiger partial charge < -0.3 is 0 Å². The number of hydrogen-bond donors (Lipinski definition) is 0. The first kappa shape index (κ1) is 15.7. The Morgan fingerprint density at radius 3 is 2.77 bits per heavy atom. The smallest absolute Gasteiger partial charge is 0.208 e. The number of thiazole rings is 1. The first-order chi connectivity index (χ1) is 12.6. The molecule has 0 fully saturated rings. The second kappa shape index (κ2) is 5.76. The van der Waals surface area contributed by atoms with Crippen LogP contribution < -0.4 is 0 Å². The Bertz CT molecular complexity index is 1330. The van der Waals surface area contributed by atoms with Gasteiger partial charge in [-0.1, -0.05) is 0 Å². The summed E-state index contributed by atoms with van der Waals surface area (Å²) in [7, 11) is 0. The number of halogens is 1. The highest BCUT2D eigenvalue weighted by molar-refractivity contribution is 7.71. The molecule has 0 spiro atoms. The van der Waals surface area contributed by atoms with Crippen LogP contribution in [0.4, 0.5) is 4.39 Å². The van der Waals surface area contributed by atoms with E-state index in [1.54, 1.807) is 27.9 Å². The van der Waals surface area contributed by atoms with Gasteiger partial charge in [0, 0.05) is 17.0 Å². The first-order valence-electron chi connectivity index (χ1n) is 7.69. The highest BCUT2D eigenvalue weighted by Gasteiger charge is 2.16. The fourth-order valence-corrected chi connectivity index (χ4v) is 4.90. The van der Waals surface area contributed by atoms with Gasteiger partial charge in [-0.15, -0.1) is 22.7 Å². The number of hydrogen-bond acceptors (Lipinski definition) is 6. The number of thiophene rings is 1. The minimum atomic E-state index is -0.270. The van der Waals surface area contributed by atoms with Gasteiger partial charge in [0.15, 0.2) is 10.8 Å². The second-order valence-electron chi connectivity index (χ2n) is 5.69. The van der Waals surface area contributed by atoms with Crippen LogP contribution in [0.15, 0.2) is 41.9 Å². The maximum Gasteiger partial charge on any atom is 0.208 e. The van der Waals surface area contributed by atoms with Crippen LogP contribution in [0.2, 0.25) is 0 Å². The fourth-order valence-electron chi connectivity index (χ4n) is 2.78. The zero-order valence-corrected chi connectivity index (χ0v) is 15.8. The molecular formula is C17H10FN5S3. The number of aromatic nitrogens is 5. The third kappa shape index (κ3) is 2.39. The van der Waals surface area contributed by atoms with Gasteiger partial charge in [0.2, 0.25) is 4.77 Å². The Balaban J connectivity index is 1.71. The predicted molar refractivity (Wildman–Crippen MR) is 104 cm³/mol. The molecule has 0 aliphatic carbocycles. The maximum absolute atomic E-state index is 13.2. The van der Waals surface area contributed by atoms with Gasteiger partial charge in [0.25, 0.3) is 0 Å². The molecule has 5 nitrogen and oxygen atoms in total. The van der Waals surface area contributed by atoms with Crippen molar-refractivity contribution in [2.24, 2.45) is 0 Å². The van der Waals surface area contributed by atoms with Gasteiger partial charge >= 0.3 is 0 Å². The van der Waals surface area contributed by atoms with E-state index in [-0.39, 0.29) is 5.82 Å². The van der Waals surface area contributed by atoms with Crippen LogP contribution in [0.5, 0.6) is 0 Å². The summed E-state index contributed by atoms with van der Waals surface area (Å²) in [5.41, 5.74) is 1.71. The van der Waals surface area contributed by atoms with Crippen LogP contribution in [0.1, 0.15) is 5.69 Å². The number of rotatable bonds is 2. The molecule has 1 aromatic carbocycles. The van der Waals surface area contributed by atoms with Crippen LogP contribution in [0.3, 0.4) is 0 Å². The molecule has 4 heterocycles. The minimum absolute atomic E-state index is 0.270. The van der Waals surface area contributed by atoms with E-state index >= 15 is 0 Å². The average Bonchev–Trinajstić information content (AvgIpc) is 3.32. The van der Waals surface area contributed by atoms with Crippen molar-refractivity contribution in [2.75, 3.05) is 0 Å². The zero-order chi connectivity index (χ0) is 17.8. The molecule has 5 rings (SSSR count). The van der Waals surface area contributed by atoms with E-state index < -0.39 is 0 Å². The summed E-state index contributed by atoms with van der Waals surface area (Å²) in [5.74, 6) is 0.345. The standard InChI is InChI=1S/C17H10FN5S3/c1-9-12-8-13(14-19-16(24)22-6-7-25-17(22)20-14)26-15(12)23(21-9)11-4-2-10(18)3-5-11/h2-8H,1H3. The van der Waals surface area contributed by atoms with Crippen molar-refractivity contribution >= 4 is 50.1 Å². The van der Waals surface area contributed by atoms with Gasteiger partial charge in [-0.25, -0.2) is 9.07 Å². The van der Waals surface area contributed by atoms with Crippen molar-refractivity contribution in [3.8, 4) is 16.4 Å². The van der Waals surface area contributed by atoms with Crippen molar-refractivity contribution in [2.45, 2.75) is 6.92 Å². The number of nitrogens with zero attached hydrogens (tertiary/aromatic N) is 5. The normalized spacial score (nSPS) is 11.6. The number of fused-ring (bicyclic) bond motifs is 2. The Hall–Kier alpha value is -2.49. The molecule has 0 saturated heterocycles. The van der Waals surface area contributed by atoms with Gasteiger partial charge in [-0.3, -0.25) is 4.40 Å². The highest BCUT2D eigenvalue weighted by Crippen LogP contribution is 2.35. The van der Waals surface area contributed by atoms with E-state index in [0.717, 1.165) is 31.4 Å². The van der Waals surface area contributed by atoms with E-state index in [1.165, 1.54) is 23.5 Å². The summed E-state index contributed by atoms with van der Waals surface area (Å²) >= 11 is 8.43. The third-order valence-corrected chi connectivity index (χ3v) is 6.19. The van der Waals surface area contributed by atoms with Crippen LogP contribution in [-0.4, -0.2) is 24.1 Å². The summed E-state index contributed by atoms with van der Waals surface area (Å²) in [4.78, 5) is 11.8. The van der Waals surface area contributed by atoms with E-state index in [2.05, 4.69) is 15.1 Å². The highest BCUT2D eigenvalue weighted by atomic mass is 32.1. The Morgan fingerprint density at radius 2 is 1.96 bits per heavy atom. The van der Waals surface area contributed by atoms with E-state index in [0.29, 0.717) is 10.6 Å². The summed E-state index contributed by atoms with van der Waals surface area (Å²) in [5, 5.41) is 7.55. The van der Waals surface area contributed by atoms with Crippen LogP contribution >= 0.6 is 34.9 Å². The molecule has 9 heteroatoms. The van der Waals surface area contributed by atoms with Crippen molar-refractivity contribution in [1.82, 2.24) is 24.1 Å². The molecule has 0 atom stereocenters. The maximum atomic E-state index is 13.2. The Morgan fingerprint density at radius 1 is 1.15 bits per heavy atom. The van der Waals surface area contributed by atoms with Gasteiger partial charge in [-0.2, -0.15) is 15.1 Å². The van der Waals surface area contributed by atoms with Crippen molar-refractivity contribution in [1.29, 1.82) is 0 Å². The molecule has 26 heavy (non-hydrogen) atoms. The lowest BCUT2D eigenvalue weighted by molar-refractivity contribution is 0.627.